The normalized spacial score (nSPS) is 28.0. The van der Waals surface area contributed by atoms with Crippen LogP contribution in [0.1, 0.15) is 43.2 Å². The number of nitrogens with zero attached hydrogens (tertiary/aromatic N) is 1. The van der Waals surface area contributed by atoms with Gasteiger partial charge in [-0.3, -0.25) is 10.1 Å². The first-order valence-corrected chi connectivity index (χ1v) is 12.3. The van der Waals surface area contributed by atoms with Gasteiger partial charge in [0.25, 0.3) is 5.69 Å². The van der Waals surface area contributed by atoms with Gasteiger partial charge in [-0.1, -0.05) is 15.9 Å². The molecule has 32 heavy (non-hydrogen) atoms. The summed E-state index contributed by atoms with van der Waals surface area (Å²) in [6, 6.07) is 11.0. The standard InChI is InChI=1S/C25H29BrN2O4/c1-31-23-11-20(13-27-25-18-7-16-6-17(9-18)10-19(25)8-16)22(26)12-24(23)32-14-15-2-4-21(5-3-15)28(29)30/h2-5,11-12,16-19,25,27H,6-10,13-14H2,1H3. The van der Waals surface area contributed by atoms with Crippen molar-refractivity contribution in [3.05, 3.63) is 62.1 Å². The smallest absolute Gasteiger partial charge is 0.269 e. The first-order valence-electron chi connectivity index (χ1n) is 11.5. The van der Waals surface area contributed by atoms with Crippen molar-refractivity contribution in [1.82, 2.24) is 5.32 Å². The Kier molecular flexibility index (Phi) is 6.12. The van der Waals surface area contributed by atoms with Gasteiger partial charge >= 0.3 is 0 Å². The van der Waals surface area contributed by atoms with Gasteiger partial charge in [0.1, 0.15) is 6.61 Å². The number of benzene rings is 2. The Morgan fingerprint density at radius 1 is 1.03 bits per heavy atom. The second-order valence-corrected chi connectivity index (χ2v) is 10.5. The fraction of sp³-hybridized carbons (Fsp3) is 0.520. The molecule has 0 radical (unpaired) electrons. The van der Waals surface area contributed by atoms with Crippen LogP contribution < -0.4 is 14.8 Å². The Hall–Kier alpha value is -2.12. The number of hydrogen-bond acceptors (Lipinski definition) is 5. The van der Waals surface area contributed by atoms with E-state index >= 15 is 0 Å². The molecule has 0 amide bonds. The van der Waals surface area contributed by atoms with Gasteiger partial charge in [0.15, 0.2) is 11.5 Å². The van der Waals surface area contributed by atoms with Crippen molar-refractivity contribution < 1.29 is 14.4 Å². The Morgan fingerprint density at radius 2 is 1.69 bits per heavy atom. The number of methoxy groups -OCH3 is 1. The van der Waals surface area contributed by atoms with E-state index in [0.29, 0.717) is 24.1 Å². The van der Waals surface area contributed by atoms with Crippen LogP contribution >= 0.6 is 15.9 Å². The molecule has 6 rings (SSSR count). The zero-order chi connectivity index (χ0) is 22.2. The summed E-state index contributed by atoms with van der Waals surface area (Å²) in [6.07, 6.45) is 7.11. The minimum Gasteiger partial charge on any atom is -0.493 e. The monoisotopic (exact) mass is 500 g/mol. The number of ether oxygens (including phenoxy) is 2. The zero-order valence-electron chi connectivity index (χ0n) is 18.3. The van der Waals surface area contributed by atoms with Crippen LogP contribution in [0.2, 0.25) is 0 Å². The predicted molar refractivity (Wildman–Crippen MR) is 126 cm³/mol. The van der Waals surface area contributed by atoms with E-state index in [1.807, 2.05) is 12.1 Å². The minimum absolute atomic E-state index is 0.0741. The summed E-state index contributed by atoms with van der Waals surface area (Å²) < 4.78 is 12.6. The topological polar surface area (TPSA) is 73.6 Å². The third kappa shape index (κ3) is 4.37. The molecule has 1 N–H and O–H groups in total. The molecule has 2 aromatic rings. The largest absolute Gasteiger partial charge is 0.493 e. The first kappa shape index (κ1) is 21.7. The average molecular weight is 501 g/mol. The van der Waals surface area contributed by atoms with Gasteiger partial charge in [-0.05, 0) is 91.2 Å². The molecule has 0 aliphatic heterocycles. The number of rotatable bonds is 8. The lowest BCUT2D eigenvalue weighted by molar-refractivity contribution is -0.384. The maximum atomic E-state index is 10.8. The van der Waals surface area contributed by atoms with Gasteiger partial charge in [0.2, 0.25) is 0 Å². The zero-order valence-corrected chi connectivity index (χ0v) is 19.8. The molecule has 6 nitrogen and oxygen atoms in total. The van der Waals surface area contributed by atoms with Crippen molar-refractivity contribution in [2.24, 2.45) is 23.7 Å². The molecule has 4 bridgehead atoms. The molecule has 4 saturated carbocycles. The maximum absolute atomic E-state index is 10.8. The molecule has 0 atom stereocenters. The molecule has 0 saturated heterocycles. The van der Waals surface area contributed by atoms with Crippen molar-refractivity contribution in [2.45, 2.75) is 51.3 Å². The molecule has 4 fully saturated rings. The van der Waals surface area contributed by atoms with Crippen LogP contribution in [0, 0.1) is 33.8 Å². The van der Waals surface area contributed by atoms with E-state index in [1.54, 1.807) is 19.2 Å². The van der Waals surface area contributed by atoms with Crippen LogP contribution in [0.3, 0.4) is 0 Å². The fourth-order valence-corrected chi connectivity index (χ4v) is 6.81. The molecule has 0 spiro atoms. The van der Waals surface area contributed by atoms with Crippen LogP contribution in [0.4, 0.5) is 5.69 Å². The molecule has 0 aromatic heterocycles. The van der Waals surface area contributed by atoms with E-state index < -0.39 is 4.92 Å². The van der Waals surface area contributed by atoms with Gasteiger partial charge < -0.3 is 14.8 Å². The highest BCUT2D eigenvalue weighted by atomic mass is 79.9. The second-order valence-electron chi connectivity index (χ2n) is 9.64. The first-order chi connectivity index (χ1) is 15.5. The van der Waals surface area contributed by atoms with E-state index in [-0.39, 0.29) is 5.69 Å². The van der Waals surface area contributed by atoms with Gasteiger partial charge in [-0.15, -0.1) is 0 Å². The highest BCUT2D eigenvalue weighted by Crippen LogP contribution is 2.53. The molecule has 0 unspecified atom stereocenters. The molecular weight excluding hydrogens is 472 g/mol. The lowest BCUT2D eigenvalue weighted by Crippen LogP contribution is -2.54. The molecule has 4 aliphatic rings. The number of nitrogens with one attached hydrogen (secondary N) is 1. The molecule has 0 heterocycles. The second kappa shape index (κ2) is 9.02. The van der Waals surface area contributed by atoms with Crippen LogP contribution in [0.5, 0.6) is 11.5 Å². The van der Waals surface area contributed by atoms with Crippen molar-refractivity contribution in [1.29, 1.82) is 0 Å². The Bertz CT molecular complexity index is 966. The van der Waals surface area contributed by atoms with Crippen molar-refractivity contribution in [2.75, 3.05) is 7.11 Å². The van der Waals surface area contributed by atoms with Crippen LogP contribution in [-0.4, -0.2) is 18.1 Å². The summed E-state index contributed by atoms with van der Waals surface area (Å²) in [6.45, 7) is 1.12. The van der Waals surface area contributed by atoms with E-state index in [0.717, 1.165) is 40.3 Å². The van der Waals surface area contributed by atoms with Gasteiger partial charge in [-0.25, -0.2) is 0 Å². The summed E-state index contributed by atoms with van der Waals surface area (Å²) in [5.74, 6) is 4.99. The summed E-state index contributed by atoms with van der Waals surface area (Å²) >= 11 is 3.71. The number of nitro groups is 1. The van der Waals surface area contributed by atoms with E-state index in [4.69, 9.17) is 9.47 Å². The number of halogens is 1. The molecule has 4 aliphatic carbocycles. The molecule has 170 valence electrons. The summed E-state index contributed by atoms with van der Waals surface area (Å²) in [5, 5.41) is 14.7. The van der Waals surface area contributed by atoms with E-state index in [9.17, 15) is 10.1 Å². The van der Waals surface area contributed by atoms with Crippen molar-refractivity contribution in [3.8, 4) is 11.5 Å². The minimum atomic E-state index is -0.402. The maximum Gasteiger partial charge on any atom is 0.269 e. The highest BCUT2D eigenvalue weighted by molar-refractivity contribution is 9.10. The SMILES string of the molecule is COc1cc(CNC2C3CC4CC(C3)CC2C4)c(Br)cc1OCc1ccc([N+](=O)[O-])cc1. The number of nitro benzene ring substituents is 1. The summed E-state index contributed by atoms with van der Waals surface area (Å²) in [4.78, 5) is 10.4. The lowest BCUT2D eigenvalue weighted by atomic mass is 9.54. The average Bonchev–Trinajstić information content (AvgIpc) is 2.78. The van der Waals surface area contributed by atoms with Crippen molar-refractivity contribution in [3.63, 3.8) is 0 Å². The van der Waals surface area contributed by atoms with Crippen molar-refractivity contribution >= 4 is 21.6 Å². The molecule has 2 aromatic carbocycles. The van der Waals surface area contributed by atoms with Gasteiger partial charge in [-0.2, -0.15) is 0 Å². The Balaban J connectivity index is 1.23. The van der Waals surface area contributed by atoms with Crippen LogP contribution in [0.15, 0.2) is 40.9 Å². The number of hydrogen-bond donors (Lipinski definition) is 1. The molecule has 7 heteroatoms. The summed E-state index contributed by atoms with van der Waals surface area (Å²) in [5.41, 5.74) is 2.10. The van der Waals surface area contributed by atoms with Crippen LogP contribution in [0.25, 0.3) is 0 Å². The fourth-order valence-electron chi connectivity index (χ4n) is 6.35. The quantitative estimate of drug-likeness (QED) is 0.363. The van der Waals surface area contributed by atoms with Gasteiger partial charge in [0.05, 0.1) is 12.0 Å². The molecular formula is C25H29BrN2O4. The van der Waals surface area contributed by atoms with E-state index in [2.05, 4.69) is 21.2 Å². The Morgan fingerprint density at radius 3 is 2.28 bits per heavy atom. The van der Waals surface area contributed by atoms with Crippen LogP contribution in [-0.2, 0) is 13.2 Å². The summed E-state index contributed by atoms with van der Waals surface area (Å²) in [7, 11) is 1.65. The van der Waals surface area contributed by atoms with Gasteiger partial charge in [0, 0.05) is 29.2 Å². The lowest BCUT2D eigenvalue weighted by Gasteiger charge is -2.54. The Labute approximate surface area is 197 Å². The highest BCUT2D eigenvalue weighted by Gasteiger charge is 2.47. The van der Waals surface area contributed by atoms with E-state index in [1.165, 1.54) is 49.8 Å². The third-order valence-electron chi connectivity index (χ3n) is 7.63. The number of non-ortho nitro benzene ring substituents is 1. The third-order valence-corrected chi connectivity index (χ3v) is 8.37. The predicted octanol–water partition coefficient (Wildman–Crippen LogP) is 5.86.